The van der Waals surface area contributed by atoms with E-state index in [0.29, 0.717) is 23.9 Å². The van der Waals surface area contributed by atoms with Gasteiger partial charge in [-0.25, -0.2) is 8.78 Å². The highest BCUT2D eigenvalue weighted by molar-refractivity contribution is 7.80. The second-order valence-corrected chi connectivity index (χ2v) is 5.97. The van der Waals surface area contributed by atoms with Gasteiger partial charge in [-0.1, -0.05) is 6.07 Å². The maximum absolute atomic E-state index is 13.2. The van der Waals surface area contributed by atoms with Crippen molar-refractivity contribution in [1.29, 1.82) is 0 Å². The predicted molar refractivity (Wildman–Crippen MR) is 94.5 cm³/mol. The van der Waals surface area contributed by atoms with Crippen molar-refractivity contribution in [3.05, 3.63) is 54.1 Å². The number of piperazine rings is 1. The number of nitrogens with zero attached hydrogens (tertiary/aromatic N) is 2. The average Bonchev–Trinajstić information content (AvgIpc) is 2.54. The molecular formula is C17H17F2N3OS. The van der Waals surface area contributed by atoms with Crippen LogP contribution in [-0.2, 0) is 0 Å². The zero-order valence-corrected chi connectivity index (χ0v) is 13.7. The number of phenols is 1. The molecule has 1 aliphatic heterocycles. The number of rotatable bonds is 2. The fraction of sp³-hybridized carbons (Fsp3) is 0.235. The summed E-state index contributed by atoms with van der Waals surface area (Å²) in [5.74, 6) is -1.05. The number of benzene rings is 2. The predicted octanol–water partition coefficient (Wildman–Crippen LogP) is 3.19. The summed E-state index contributed by atoms with van der Waals surface area (Å²) in [7, 11) is 0. The number of anilines is 2. The van der Waals surface area contributed by atoms with Crippen LogP contribution in [0.1, 0.15) is 0 Å². The third kappa shape index (κ3) is 3.91. The number of halogens is 2. The van der Waals surface area contributed by atoms with E-state index in [1.54, 1.807) is 12.1 Å². The highest BCUT2D eigenvalue weighted by atomic mass is 32.1. The Labute approximate surface area is 144 Å². The van der Waals surface area contributed by atoms with Crippen molar-refractivity contribution >= 4 is 28.7 Å². The first-order valence-corrected chi connectivity index (χ1v) is 7.98. The molecule has 1 saturated heterocycles. The van der Waals surface area contributed by atoms with Crippen molar-refractivity contribution in [2.45, 2.75) is 0 Å². The van der Waals surface area contributed by atoms with Gasteiger partial charge in [-0.05, 0) is 36.5 Å². The van der Waals surface area contributed by atoms with Gasteiger partial charge >= 0.3 is 0 Å². The molecule has 7 heteroatoms. The summed E-state index contributed by atoms with van der Waals surface area (Å²) in [6.07, 6.45) is 0. The molecule has 0 aromatic heterocycles. The van der Waals surface area contributed by atoms with Gasteiger partial charge in [0.2, 0.25) is 0 Å². The second-order valence-electron chi connectivity index (χ2n) is 5.58. The van der Waals surface area contributed by atoms with Gasteiger partial charge in [0.1, 0.15) is 17.4 Å². The van der Waals surface area contributed by atoms with E-state index in [2.05, 4.69) is 10.2 Å². The molecule has 0 saturated carbocycles. The second kappa shape index (κ2) is 7.00. The van der Waals surface area contributed by atoms with Crippen molar-refractivity contribution in [2.75, 3.05) is 36.4 Å². The van der Waals surface area contributed by atoms with Gasteiger partial charge in [-0.15, -0.1) is 0 Å². The lowest BCUT2D eigenvalue weighted by Crippen LogP contribution is -2.50. The summed E-state index contributed by atoms with van der Waals surface area (Å²) in [6.45, 7) is 2.84. The van der Waals surface area contributed by atoms with Crippen LogP contribution in [0, 0.1) is 11.6 Å². The molecule has 4 nitrogen and oxygen atoms in total. The molecule has 2 N–H and O–H groups in total. The largest absolute Gasteiger partial charge is 0.508 e. The van der Waals surface area contributed by atoms with Crippen LogP contribution in [0.5, 0.6) is 5.75 Å². The van der Waals surface area contributed by atoms with Crippen molar-refractivity contribution in [1.82, 2.24) is 4.90 Å². The van der Waals surface area contributed by atoms with Crippen molar-refractivity contribution in [3.8, 4) is 5.75 Å². The maximum Gasteiger partial charge on any atom is 0.173 e. The summed E-state index contributed by atoms with van der Waals surface area (Å²) in [6, 6.07) is 10.3. The molecule has 0 radical (unpaired) electrons. The lowest BCUT2D eigenvalue weighted by atomic mass is 10.2. The van der Waals surface area contributed by atoms with Crippen LogP contribution in [0.25, 0.3) is 0 Å². The van der Waals surface area contributed by atoms with E-state index < -0.39 is 11.6 Å². The van der Waals surface area contributed by atoms with Crippen molar-refractivity contribution in [2.24, 2.45) is 0 Å². The van der Waals surface area contributed by atoms with E-state index in [9.17, 15) is 13.9 Å². The molecule has 0 atom stereocenters. The van der Waals surface area contributed by atoms with Crippen LogP contribution in [0.4, 0.5) is 20.2 Å². The zero-order valence-electron chi connectivity index (χ0n) is 12.9. The van der Waals surface area contributed by atoms with Gasteiger partial charge in [-0.2, -0.15) is 0 Å². The van der Waals surface area contributed by atoms with E-state index in [1.807, 2.05) is 17.0 Å². The monoisotopic (exact) mass is 349 g/mol. The topological polar surface area (TPSA) is 38.7 Å². The first-order valence-electron chi connectivity index (χ1n) is 7.57. The molecule has 2 aromatic carbocycles. The van der Waals surface area contributed by atoms with Crippen molar-refractivity contribution < 1.29 is 13.9 Å². The molecule has 2 aromatic rings. The van der Waals surface area contributed by atoms with Crippen LogP contribution < -0.4 is 10.2 Å². The fourth-order valence-corrected chi connectivity index (χ4v) is 2.99. The van der Waals surface area contributed by atoms with E-state index in [1.165, 1.54) is 12.1 Å². The SMILES string of the molecule is Oc1cccc(N2CCN(C(=S)Nc3cc(F)cc(F)c3)CC2)c1. The molecule has 0 bridgehead atoms. The van der Waals surface area contributed by atoms with Crippen LogP contribution in [0.3, 0.4) is 0 Å². The molecule has 1 aliphatic rings. The minimum atomic E-state index is -0.644. The molecule has 126 valence electrons. The summed E-state index contributed by atoms with van der Waals surface area (Å²) in [4.78, 5) is 4.11. The Kier molecular flexibility index (Phi) is 4.80. The summed E-state index contributed by atoms with van der Waals surface area (Å²) in [5, 5.41) is 12.9. The Bertz CT molecular complexity index is 728. The van der Waals surface area contributed by atoms with Crippen LogP contribution in [-0.4, -0.2) is 41.3 Å². The number of hydrogen-bond donors (Lipinski definition) is 2. The summed E-state index contributed by atoms with van der Waals surface area (Å²) in [5.41, 5.74) is 1.26. The Hall–Kier alpha value is -2.41. The molecule has 24 heavy (non-hydrogen) atoms. The van der Waals surface area contributed by atoms with Gasteiger partial charge in [0, 0.05) is 49.7 Å². The van der Waals surface area contributed by atoms with E-state index in [-0.39, 0.29) is 5.75 Å². The number of hydrogen-bond acceptors (Lipinski definition) is 3. The smallest absolute Gasteiger partial charge is 0.173 e. The van der Waals surface area contributed by atoms with E-state index in [4.69, 9.17) is 12.2 Å². The Balaban J connectivity index is 1.59. The first-order chi connectivity index (χ1) is 11.5. The number of phenolic OH excluding ortho intramolecular Hbond substituents is 1. The fourth-order valence-electron chi connectivity index (χ4n) is 2.69. The molecule has 0 amide bonds. The summed E-state index contributed by atoms with van der Waals surface area (Å²) >= 11 is 5.33. The van der Waals surface area contributed by atoms with E-state index >= 15 is 0 Å². The lowest BCUT2D eigenvalue weighted by Gasteiger charge is -2.37. The highest BCUT2D eigenvalue weighted by Gasteiger charge is 2.19. The number of nitrogens with one attached hydrogen (secondary N) is 1. The number of thiocarbonyl (C=S) groups is 1. The minimum Gasteiger partial charge on any atom is -0.508 e. The van der Waals surface area contributed by atoms with Gasteiger partial charge in [0.05, 0.1) is 0 Å². The van der Waals surface area contributed by atoms with Gasteiger partial charge < -0.3 is 20.2 Å². The standard InChI is InChI=1S/C17H17F2N3OS/c18-12-8-13(19)10-14(9-12)20-17(24)22-6-4-21(5-7-22)15-2-1-3-16(23)11-15/h1-3,8-11,23H,4-7H2,(H,20,24). The molecule has 0 unspecified atom stereocenters. The normalized spacial score (nSPS) is 14.6. The molecule has 3 rings (SSSR count). The van der Waals surface area contributed by atoms with Gasteiger partial charge in [0.15, 0.2) is 5.11 Å². The molecule has 1 fully saturated rings. The molecule has 1 heterocycles. The Morgan fingerprint density at radius 2 is 1.67 bits per heavy atom. The van der Waals surface area contributed by atoms with E-state index in [0.717, 1.165) is 24.8 Å². The molecule has 0 aliphatic carbocycles. The third-order valence-electron chi connectivity index (χ3n) is 3.88. The Morgan fingerprint density at radius 1 is 1.00 bits per heavy atom. The number of aromatic hydroxyl groups is 1. The molecule has 0 spiro atoms. The zero-order chi connectivity index (χ0) is 17.1. The average molecular weight is 349 g/mol. The minimum absolute atomic E-state index is 0.236. The van der Waals surface area contributed by atoms with Gasteiger partial charge in [-0.3, -0.25) is 0 Å². The first kappa shape index (κ1) is 16.4. The highest BCUT2D eigenvalue weighted by Crippen LogP contribution is 2.21. The quantitative estimate of drug-likeness (QED) is 0.815. The van der Waals surface area contributed by atoms with Crippen LogP contribution in [0.2, 0.25) is 0 Å². The Morgan fingerprint density at radius 3 is 2.29 bits per heavy atom. The van der Waals surface area contributed by atoms with Crippen LogP contribution in [0.15, 0.2) is 42.5 Å². The van der Waals surface area contributed by atoms with Crippen LogP contribution >= 0.6 is 12.2 Å². The van der Waals surface area contributed by atoms with Crippen molar-refractivity contribution in [3.63, 3.8) is 0 Å². The summed E-state index contributed by atoms with van der Waals surface area (Å²) < 4.78 is 26.5. The third-order valence-corrected chi connectivity index (χ3v) is 4.24. The molecular weight excluding hydrogens is 332 g/mol. The maximum atomic E-state index is 13.2. The van der Waals surface area contributed by atoms with Gasteiger partial charge in [0.25, 0.3) is 0 Å². The lowest BCUT2D eigenvalue weighted by molar-refractivity contribution is 0.390.